The van der Waals surface area contributed by atoms with Crippen molar-refractivity contribution >= 4 is 5.91 Å². The summed E-state index contributed by atoms with van der Waals surface area (Å²) in [5.41, 5.74) is 2.14. The highest BCUT2D eigenvalue weighted by Crippen LogP contribution is 2.20. The third-order valence-electron chi connectivity index (χ3n) is 3.34. The SMILES string of the molecule is CCc1cc(CCNC(=O)c2ccc(=O)[nH]n2)ccc1OC. The van der Waals surface area contributed by atoms with E-state index in [9.17, 15) is 9.59 Å². The van der Waals surface area contributed by atoms with Crippen LogP contribution >= 0.6 is 0 Å². The van der Waals surface area contributed by atoms with Gasteiger partial charge in [-0.2, -0.15) is 5.10 Å². The molecule has 0 radical (unpaired) electrons. The summed E-state index contributed by atoms with van der Waals surface area (Å²) in [6.45, 7) is 2.57. The molecule has 1 heterocycles. The fourth-order valence-electron chi connectivity index (χ4n) is 2.15. The van der Waals surface area contributed by atoms with Crippen LogP contribution in [0, 0.1) is 0 Å². The molecule has 0 aliphatic rings. The maximum atomic E-state index is 11.9. The van der Waals surface area contributed by atoms with Gasteiger partial charge in [0.2, 0.25) is 0 Å². The Morgan fingerprint density at radius 3 is 2.77 bits per heavy atom. The molecule has 1 amide bonds. The zero-order valence-electron chi connectivity index (χ0n) is 12.7. The highest BCUT2D eigenvalue weighted by Gasteiger charge is 2.07. The predicted molar refractivity (Wildman–Crippen MR) is 83.3 cm³/mol. The number of ether oxygens (including phenoxy) is 1. The largest absolute Gasteiger partial charge is 0.496 e. The molecule has 22 heavy (non-hydrogen) atoms. The zero-order chi connectivity index (χ0) is 15.9. The lowest BCUT2D eigenvalue weighted by molar-refractivity contribution is 0.0948. The molecule has 2 N–H and O–H groups in total. The summed E-state index contributed by atoms with van der Waals surface area (Å²) in [6.07, 6.45) is 1.61. The van der Waals surface area contributed by atoms with Crippen LogP contribution in [0.3, 0.4) is 0 Å². The lowest BCUT2D eigenvalue weighted by Crippen LogP contribution is -2.27. The number of nitrogens with zero attached hydrogens (tertiary/aromatic N) is 1. The van der Waals surface area contributed by atoms with E-state index in [4.69, 9.17) is 4.74 Å². The first kappa shape index (κ1) is 15.8. The summed E-state index contributed by atoms with van der Waals surface area (Å²) in [4.78, 5) is 22.8. The van der Waals surface area contributed by atoms with Crippen molar-refractivity contribution in [2.24, 2.45) is 0 Å². The Bertz CT molecular complexity index is 690. The van der Waals surface area contributed by atoms with Crippen molar-refractivity contribution in [3.63, 3.8) is 0 Å². The van der Waals surface area contributed by atoms with Crippen LogP contribution in [0.4, 0.5) is 0 Å². The first-order chi connectivity index (χ1) is 10.6. The van der Waals surface area contributed by atoms with Gasteiger partial charge in [0.25, 0.3) is 11.5 Å². The molecular formula is C16H19N3O3. The van der Waals surface area contributed by atoms with E-state index in [1.54, 1.807) is 7.11 Å². The Kier molecular flexibility index (Phi) is 5.30. The van der Waals surface area contributed by atoms with E-state index in [0.29, 0.717) is 13.0 Å². The number of aromatic nitrogens is 2. The molecule has 0 fully saturated rings. The predicted octanol–water partition coefficient (Wildman–Crippen LogP) is 1.31. The first-order valence-electron chi connectivity index (χ1n) is 7.13. The average molecular weight is 301 g/mol. The molecule has 2 aromatic rings. The summed E-state index contributed by atoms with van der Waals surface area (Å²) in [6, 6.07) is 8.70. The monoisotopic (exact) mass is 301 g/mol. The lowest BCUT2D eigenvalue weighted by atomic mass is 10.1. The molecular weight excluding hydrogens is 282 g/mol. The van der Waals surface area contributed by atoms with E-state index in [-0.39, 0.29) is 17.2 Å². The molecule has 1 aromatic carbocycles. The van der Waals surface area contributed by atoms with E-state index in [2.05, 4.69) is 28.5 Å². The van der Waals surface area contributed by atoms with E-state index in [1.807, 2.05) is 12.1 Å². The number of amides is 1. The summed E-state index contributed by atoms with van der Waals surface area (Å²) in [7, 11) is 1.66. The van der Waals surface area contributed by atoms with Crippen LogP contribution in [0.5, 0.6) is 5.75 Å². The zero-order valence-corrected chi connectivity index (χ0v) is 12.7. The van der Waals surface area contributed by atoms with E-state index in [0.717, 1.165) is 23.3 Å². The topological polar surface area (TPSA) is 84.1 Å². The van der Waals surface area contributed by atoms with Gasteiger partial charge in [0.15, 0.2) is 0 Å². The van der Waals surface area contributed by atoms with Gasteiger partial charge in [-0.05, 0) is 36.1 Å². The summed E-state index contributed by atoms with van der Waals surface area (Å²) >= 11 is 0. The molecule has 0 spiro atoms. The average Bonchev–Trinajstić information content (AvgIpc) is 2.55. The molecule has 0 bridgehead atoms. The van der Waals surface area contributed by atoms with Gasteiger partial charge in [-0.3, -0.25) is 9.59 Å². The molecule has 116 valence electrons. The standard InChI is InChI=1S/C16H19N3O3/c1-3-12-10-11(4-6-14(12)22-2)8-9-17-16(21)13-5-7-15(20)19-18-13/h4-7,10H,3,8-9H2,1-2H3,(H,17,21)(H,19,20). The summed E-state index contributed by atoms with van der Waals surface area (Å²) in [5, 5.41) is 8.70. The Morgan fingerprint density at radius 1 is 1.32 bits per heavy atom. The van der Waals surface area contributed by atoms with Gasteiger partial charge in [-0.25, -0.2) is 5.10 Å². The van der Waals surface area contributed by atoms with Crippen LogP contribution in [0.2, 0.25) is 0 Å². The Balaban J connectivity index is 1.92. The minimum absolute atomic E-state index is 0.198. The van der Waals surface area contributed by atoms with Gasteiger partial charge in [0.05, 0.1) is 7.11 Å². The van der Waals surface area contributed by atoms with E-state index in [1.165, 1.54) is 12.1 Å². The third kappa shape index (κ3) is 3.94. The van der Waals surface area contributed by atoms with Crippen LogP contribution in [0.15, 0.2) is 35.1 Å². The normalized spacial score (nSPS) is 10.3. The van der Waals surface area contributed by atoms with Gasteiger partial charge >= 0.3 is 0 Å². The molecule has 6 nitrogen and oxygen atoms in total. The van der Waals surface area contributed by atoms with Crippen LogP contribution in [-0.4, -0.2) is 29.8 Å². The Hall–Kier alpha value is -2.63. The number of carbonyl (C=O) groups is 1. The number of H-pyrrole nitrogens is 1. The van der Waals surface area contributed by atoms with Crippen molar-refractivity contribution in [1.29, 1.82) is 0 Å². The van der Waals surface area contributed by atoms with Crippen molar-refractivity contribution in [1.82, 2.24) is 15.5 Å². The second kappa shape index (κ2) is 7.40. The molecule has 2 rings (SSSR count). The molecule has 0 aliphatic carbocycles. The lowest BCUT2D eigenvalue weighted by Gasteiger charge is -2.09. The quantitative estimate of drug-likeness (QED) is 0.842. The number of aryl methyl sites for hydroxylation is 1. The third-order valence-corrected chi connectivity index (χ3v) is 3.34. The van der Waals surface area contributed by atoms with E-state index >= 15 is 0 Å². The fourth-order valence-corrected chi connectivity index (χ4v) is 2.15. The van der Waals surface area contributed by atoms with Gasteiger partial charge < -0.3 is 10.1 Å². The number of rotatable bonds is 6. The molecule has 6 heteroatoms. The van der Waals surface area contributed by atoms with Gasteiger partial charge in [-0.15, -0.1) is 0 Å². The summed E-state index contributed by atoms with van der Waals surface area (Å²) in [5.74, 6) is 0.577. The molecule has 0 unspecified atom stereocenters. The van der Waals surface area contributed by atoms with Crippen molar-refractivity contribution in [3.8, 4) is 5.75 Å². The summed E-state index contributed by atoms with van der Waals surface area (Å²) < 4.78 is 5.29. The van der Waals surface area contributed by atoms with Gasteiger partial charge in [0.1, 0.15) is 11.4 Å². The van der Waals surface area contributed by atoms with Gasteiger partial charge in [0, 0.05) is 12.6 Å². The molecule has 1 aromatic heterocycles. The van der Waals surface area contributed by atoms with Crippen LogP contribution in [-0.2, 0) is 12.8 Å². The minimum Gasteiger partial charge on any atom is -0.496 e. The van der Waals surface area contributed by atoms with Crippen molar-refractivity contribution in [3.05, 3.63) is 57.5 Å². The number of hydrogen-bond donors (Lipinski definition) is 2. The second-order valence-electron chi connectivity index (χ2n) is 4.81. The minimum atomic E-state index is -0.332. The fraction of sp³-hybridized carbons (Fsp3) is 0.312. The number of aromatic amines is 1. The van der Waals surface area contributed by atoms with E-state index < -0.39 is 0 Å². The van der Waals surface area contributed by atoms with Crippen molar-refractivity contribution < 1.29 is 9.53 Å². The number of carbonyl (C=O) groups excluding carboxylic acids is 1. The van der Waals surface area contributed by atoms with Crippen LogP contribution in [0.25, 0.3) is 0 Å². The number of nitrogens with one attached hydrogen (secondary N) is 2. The maximum Gasteiger partial charge on any atom is 0.271 e. The highest BCUT2D eigenvalue weighted by molar-refractivity contribution is 5.91. The molecule has 0 aliphatic heterocycles. The van der Waals surface area contributed by atoms with Crippen molar-refractivity contribution in [2.75, 3.05) is 13.7 Å². The second-order valence-corrected chi connectivity index (χ2v) is 4.81. The molecule has 0 saturated carbocycles. The van der Waals surface area contributed by atoms with Crippen molar-refractivity contribution in [2.45, 2.75) is 19.8 Å². The van der Waals surface area contributed by atoms with Crippen LogP contribution in [0.1, 0.15) is 28.5 Å². The molecule has 0 saturated heterocycles. The smallest absolute Gasteiger partial charge is 0.271 e. The Morgan fingerprint density at radius 2 is 2.14 bits per heavy atom. The van der Waals surface area contributed by atoms with Crippen LogP contribution < -0.4 is 15.6 Å². The maximum absolute atomic E-state index is 11.9. The number of hydrogen-bond acceptors (Lipinski definition) is 4. The number of benzene rings is 1. The Labute approximate surface area is 128 Å². The highest BCUT2D eigenvalue weighted by atomic mass is 16.5. The van der Waals surface area contributed by atoms with Gasteiger partial charge in [-0.1, -0.05) is 19.1 Å². The number of methoxy groups -OCH3 is 1. The first-order valence-corrected chi connectivity index (χ1v) is 7.13. The molecule has 0 atom stereocenters.